The zero-order valence-corrected chi connectivity index (χ0v) is 23.2. The second-order valence-corrected chi connectivity index (χ2v) is 10.3. The van der Waals surface area contributed by atoms with Crippen LogP contribution in [0.15, 0.2) is 59.0 Å². The van der Waals surface area contributed by atoms with Crippen molar-refractivity contribution in [2.75, 3.05) is 5.32 Å². The number of aromatic nitrogens is 4. The molecule has 11 heteroatoms. The summed E-state index contributed by atoms with van der Waals surface area (Å²) in [4.78, 5) is 13.2. The molecule has 5 rings (SSSR count). The Balaban J connectivity index is 1.19. The van der Waals surface area contributed by atoms with Gasteiger partial charge in [-0.2, -0.15) is 9.61 Å². The van der Waals surface area contributed by atoms with E-state index in [-0.39, 0.29) is 11.0 Å². The summed E-state index contributed by atoms with van der Waals surface area (Å²) in [5.41, 5.74) is 4.56. The number of anilines is 1. The Bertz CT molecular complexity index is 1700. The number of carbonyl (C=O) groups is 1. The predicted molar refractivity (Wildman–Crippen MR) is 155 cm³/mol. The van der Waals surface area contributed by atoms with Crippen molar-refractivity contribution in [2.45, 2.75) is 27.2 Å². The lowest BCUT2D eigenvalue weighted by molar-refractivity contribution is -0.115. The highest BCUT2D eigenvalue weighted by Gasteiger charge is 2.13. The highest BCUT2D eigenvalue weighted by molar-refractivity contribution is 7.80. The molecule has 0 fully saturated rings. The van der Waals surface area contributed by atoms with Gasteiger partial charge in [0.1, 0.15) is 16.5 Å². The van der Waals surface area contributed by atoms with E-state index in [0.717, 1.165) is 50.2 Å². The lowest BCUT2D eigenvalue weighted by Gasteiger charge is -2.11. The van der Waals surface area contributed by atoms with Gasteiger partial charge >= 0.3 is 0 Å². The monoisotopic (exact) mass is 562 g/mol. The molecule has 3 aromatic heterocycles. The summed E-state index contributed by atoms with van der Waals surface area (Å²) in [6, 6.07) is 15.2. The summed E-state index contributed by atoms with van der Waals surface area (Å²) in [5.74, 6) is 1.65. The molecule has 0 saturated carbocycles. The van der Waals surface area contributed by atoms with Gasteiger partial charge in [0.25, 0.3) is 0 Å². The van der Waals surface area contributed by atoms with Crippen molar-refractivity contribution in [1.82, 2.24) is 25.1 Å². The number of nitrogens with zero attached hydrogens (tertiary/aromatic N) is 4. The van der Waals surface area contributed by atoms with Gasteiger partial charge in [-0.1, -0.05) is 42.0 Å². The molecule has 0 radical (unpaired) electrons. The largest absolute Gasteiger partial charge is 0.457 e. The van der Waals surface area contributed by atoms with Crippen LogP contribution in [0, 0.1) is 13.8 Å². The van der Waals surface area contributed by atoms with E-state index in [9.17, 15) is 4.79 Å². The number of amides is 1. The normalized spacial score (nSPS) is 11.4. The molecule has 0 spiro atoms. The second-order valence-electron chi connectivity index (χ2n) is 8.54. The van der Waals surface area contributed by atoms with Crippen LogP contribution in [0.1, 0.15) is 29.6 Å². The Morgan fingerprint density at radius 2 is 1.92 bits per heavy atom. The van der Waals surface area contributed by atoms with Gasteiger partial charge in [-0.15, -0.1) is 10.2 Å². The van der Waals surface area contributed by atoms with Crippen molar-refractivity contribution >= 4 is 62.9 Å². The number of hydrogen-bond donors (Lipinski definition) is 2. The van der Waals surface area contributed by atoms with E-state index in [0.29, 0.717) is 16.5 Å². The Labute approximate surface area is 233 Å². The van der Waals surface area contributed by atoms with E-state index < -0.39 is 0 Å². The van der Waals surface area contributed by atoms with Crippen LogP contribution in [-0.2, 0) is 11.2 Å². The summed E-state index contributed by atoms with van der Waals surface area (Å²) in [6.45, 7) is 5.93. The SMILES string of the molecule is CCc1nnc2sc(-c3ccc(NC(=S)NC(=O)/C=C/c4ccc(-c5ccc(C)c(Cl)c5)o4)c(C)c3)nn12. The number of furan rings is 1. The molecule has 0 saturated heterocycles. The van der Waals surface area contributed by atoms with E-state index in [1.165, 1.54) is 17.4 Å². The van der Waals surface area contributed by atoms with E-state index in [2.05, 4.69) is 25.9 Å². The zero-order valence-electron chi connectivity index (χ0n) is 20.8. The van der Waals surface area contributed by atoms with Crippen LogP contribution in [0.4, 0.5) is 5.69 Å². The third-order valence-electron chi connectivity index (χ3n) is 5.81. The van der Waals surface area contributed by atoms with Gasteiger partial charge in [0.2, 0.25) is 10.9 Å². The first kappa shape index (κ1) is 25.8. The van der Waals surface area contributed by atoms with Crippen molar-refractivity contribution in [3.8, 4) is 21.9 Å². The molecule has 0 aliphatic heterocycles. The minimum atomic E-state index is -0.375. The number of fused-ring (bicyclic) bond motifs is 1. The third-order valence-corrected chi connectivity index (χ3v) is 7.37. The smallest absolute Gasteiger partial charge is 0.250 e. The number of carbonyl (C=O) groups excluding carboxylic acids is 1. The van der Waals surface area contributed by atoms with Crippen molar-refractivity contribution in [1.29, 1.82) is 0 Å². The molecule has 2 aromatic carbocycles. The number of nitrogens with one attached hydrogen (secondary N) is 2. The van der Waals surface area contributed by atoms with Crippen molar-refractivity contribution in [3.05, 3.63) is 82.3 Å². The molecule has 192 valence electrons. The van der Waals surface area contributed by atoms with Gasteiger partial charge in [0.15, 0.2) is 10.9 Å². The van der Waals surface area contributed by atoms with Crippen LogP contribution in [0.2, 0.25) is 5.02 Å². The quantitative estimate of drug-likeness (QED) is 0.181. The minimum Gasteiger partial charge on any atom is -0.457 e. The minimum absolute atomic E-state index is 0.191. The lowest BCUT2D eigenvalue weighted by atomic mass is 10.1. The molecule has 0 bridgehead atoms. The maximum atomic E-state index is 12.4. The zero-order chi connectivity index (χ0) is 26.8. The van der Waals surface area contributed by atoms with E-state index in [1.54, 1.807) is 16.7 Å². The molecule has 1 amide bonds. The van der Waals surface area contributed by atoms with Crippen LogP contribution in [0.3, 0.4) is 0 Å². The summed E-state index contributed by atoms with van der Waals surface area (Å²) < 4.78 is 7.60. The fourth-order valence-corrected chi connectivity index (χ4v) is 4.99. The number of hydrogen-bond acceptors (Lipinski definition) is 7. The van der Waals surface area contributed by atoms with Crippen molar-refractivity contribution in [2.24, 2.45) is 0 Å². The molecule has 0 aliphatic rings. The maximum Gasteiger partial charge on any atom is 0.250 e. The Kier molecular flexibility index (Phi) is 7.37. The number of benzene rings is 2. The van der Waals surface area contributed by atoms with E-state index in [4.69, 9.17) is 28.2 Å². The fourth-order valence-electron chi connectivity index (χ4n) is 3.74. The molecule has 3 heterocycles. The number of thiocarbonyl (C=S) groups is 1. The average Bonchev–Trinajstić information content (AvgIpc) is 3.62. The molecular formula is C27H23ClN6O2S2. The number of aryl methyl sites for hydroxylation is 3. The number of rotatable bonds is 6. The van der Waals surface area contributed by atoms with Crippen LogP contribution >= 0.6 is 35.2 Å². The Hall–Kier alpha value is -3.86. The van der Waals surface area contributed by atoms with Crippen LogP contribution < -0.4 is 10.6 Å². The lowest BCUT2D eigenvalue weighted by Crippen LogP contribution is -2.33. The highest BCUT2D eigenvalue weighted by Crippen LogP contribution is 2.29. The van der Waals surface area contributed by atoms with Gasteiger partial charge in [-0.3, -0.25) is 10.1 Å². The Morgan fingerprint density at radius 1 is 1.11 bits per heavy atom. The summed E-state index contributed by atoms with van der Waals surface area (Å²) in [6.07, 6.45) is 3.71. The topological polar surface area (TPSA) is 97.3 Å². The molecule has 5 aromatic rings. The van der Waals surface area contributed by atoms with Crippen LogP contribution in [0.5, 0.6) is 0 Å². The van der Waals surface area contributed by atoms with E-state index >= 15 is 0 Å². The van der Waals surface area contributed by atoms with E-state index in [1.807, 2.05) is 63.2 Å². The fraction of sp³-hybridized carbons (Fsp3) is 0.148. The predicted octanol–water partition coefficient (Wildman–Crippen LogP) is 6.47. The van der Waals surface area contributed by atoms with Crippen LogP contribution in [-0.4, -0.2) is 30.8 Å². The maximum absolute atomic E-state index is 12.4. The van der Waals surface area contributed by atoms with Crippen molar-refractivity contribution in [3.63, 3.8) is 0 Å². The molecule has 38 heavy (non-hydrogen) atoms. The molecule has 2 N–H and O–H groups in total. The van der Waals surface area contributed by atoms with Gasteiger partial charge in [0.05, 0.1) is 0 Å². The first-order valence-corrected chi connectivity index (χ1v) is 13.4. The summed E-state index contributed by atoms with van der Waals surface area (Å²) in [7, 11) is 0. The molecular weight excluding hydrogens is 540 g/mol. The van der Waals surface area contributed by atoms with Crippen LogP contribution in [0.25, 0.3) is 32.9 Å². The summed E-state index contributed by atoms with van der Waals surface area (Å²) in [5, 5.41) is 20.4. The molecule has 0 unspecified atom stereocenters. The van der Waals surface area contributed by atoms with Gasteiger partial charge < -0.3 is 9.73 Å². The third kappa shape index (κ3) is 5.52. The van der Waals surface area contributed by atoms with Gasteiger partial charge in [0, 0.05) is 34.3 Å². The average molecular weight is 563 g/mol. The molecule has 0 aliphatic carbocycles. The van der Waals surface area contributed by atoms with Crippen molar-refractivity contribution < 1.29 is 9.21 Å². The van der Waals surface area contributed by atoms with Gasteiger partial charge in [-0.05, 0) is 79.7 Å². The highest BCUT2D eigenvalue weighted by atomic mass is 35.5. The molecule has 0 atom stereocenters. The summed E-state index contributed by atoms with van der Waals surface area (Å²) >= 11 is 13.0. The van der Waals surface area contributed by atoms with Gasteiger partial charge in [-0.25, -0.2) is 0 Å². The number of halogens is 1. The first-order chi connectivity index (χ1) is 18.3. The molecule has 8 nitrogen and oxygen atoms in total. The second kappa shape index (κ2) is 10.9. The Morgan fingerprint density at radius 3 is 2.68 bits per heavy atom. The standard InChI is InChI=1S/C27H23ClN6O2S2/c1-4-23-31-32-27-34(23)33-25(38-27)18-7-10-21(16(3)13-18)29-26(37)30-24(35)12-9-19-8-11-22(36-19)17-6-5-15(2)20(28)14-17/h5-14H,4H2,1-3H3,(H2,29,30,35,37)/b12-9+. The first-order valence-electron chi connectivity index (χ1n) is 11.8.